The van der Waals surface area contributed by atoms with Crippen LogP contribution in [0.25, 0.3) is 11.4 Å². The number of nitrogens with one attached hydrogen (secondary N) is 1. The number of anilines is 1. The number of nitrogens with zero attached hydrogens (tertiary/aromatic N) is 4. The molecule has 0 aliphatic rings. The Bertz CT molecular complexity index is 1090. The molecule has 3 rings (SSSR count). The number of aryl methyl sites for hydroxylation is 1. The molecule has 0 unspecified atom stereocenters. The van der Waals surface area contributed by atoms with Gasteiger partial charge in [0.2, 0.25) is 0 Å². The van der Waals surface area contributed by atoms with Crippen molar-refractivity contribution in [2.75, 3.05) is 11.8 Å². The Morgan fingerprint density at radius 2 is 1.93 bits per heavy atom. The number of benzene rings is 2. The molecule has 0 aliphatic carbocycles. The van der Waals surface area contributed by atoms with Crippen LogP contribution in [0, 0.1) is 11.6 Å². The molecule has 1 N–H and O–H groups in total. The summed E-state index contributed by atoms with van der Waals surface area (Å²) in [4.78, 5) is -0.196. The molecular formula is C16H15F2N5O3S. The lowest BCUT2D eigenvalue weighted by molar-refractivity contribution is 0.403. The SMILES string of the molecule is CCn1nnnc1-c1ccc(OC)c(S(=O)(=O)Nc2ccc(F)c(F)c2)c1. The van der Waals surface area contributed by atoms with E-state index in [1.54, 1.807) is 6.07 Å². The number of ether oxygens (including phenoxy) is 1. The van der Waals surface area contributed by atoms with Crippen molar-refractivity contribution in [3.63, 3.8) is 0 Å². The quantitative estimate of drug-likeness (QED) is 0.688. The van der Waals surface area contributed by atoms with Crippen molar-refractivity contribution in [1.82, 2.24) is 20.2 Å². The van der Waals surface area contributed by atoms with Gasteiger partial charge in [-0.2, -0.15) is 0 Å². The van der Waals surface area contributed by atoms with Crippen molar-refractivity contribution >= 4 is 15.7 Å². The molecule has 0 spiro atoms. The molecule has 0 saturated carbocycles. The standard InChI is InChI=1S/C16H15F2N5O3S/c1-3-23-16(19-21-22-23)10-4-7-14(26-2)15(8-10)27(24,25)20-11-5-6-12(17)13(18)9-11/h4-9,20H,3H2,1-2H3. The van der Waals surface area contributed by atoms with E-state index in [0.717, 1.165) is 18.2 Å². The molecule has 27 heavy (non-hydrogen) atoms. The van der Waals surface area contributed by atoms with Crippen LogP contribution < -0.4 is 9.46 Å². The summed E-state index contributed by atoms with van der Waals surface area (Å²) in [6, 6.07) is 7.12. The molecular weight excluding hydrogens is 380 g/mol. The maximum Gasteiger partial charge on any atom is 0.265 e. The van der Waals surface area contributed by atoms with Crippen molar-refractivity contribution in [2.24, 2.45) is 0 Å². The molecule has 8 nitrogen and oxygen atoms in total. The molecule has 0 bridgehead atoms. The van der Waals surface area contributed by atoms with Gasteiger partial charge in [0.1, 0.15) is 10.6 Å². The van der Waals surface area contributed by atoms with Gasteiger partial charge in [0.05, 0.1) is 12.8 Å². The summed E-state index contributed by atoms with van der Waals surface area (Å²) in [6.45, 7) is 2.33. The number of rotatable bonds is 6. The molecule has 1 aromatic heterocycles. The van der Waals surface area contributed by atoms with Crippen LogP contribution in [0.2, 0.25) is 0 Å². The van der Waals surface area contributed by atoms with Gasteiger partial charge in [-0.25, -0.2) is 21.9 Å². The van der Waals surface area contributed by atoms with Crippen molar-refractivity contribution < 1.29 is 21.9 Å². The van der Waals surface area contributed by atoms with Crippen molar-refractivity contribution in [3.8, 4) is 17.1 Å². The number of methoxy groups -OCH3 is 1. The number of sulfonamides is 1. The van der Waals surface area contributed by atoms with Crippen LogP contribution in [0.3, 0.4) is 0 Å². The highest BCUT2D eigenvalue weighted by Crippen LogP contribution is 2.30. The van der Waals surface area contributed by atoms with Gasteiger partial charge < -0.3 is 4.74 Å². The minimum Gasteiger partial charge on any atom is -0.495 e. The minimum atomic E-state index is -4.16. The first-order chi connectivity index (χ1) is 12.9. The summed E-state index contributed by atoms with van der Waals surface area (Å²) >= 11 is 0. The van der Waals surface area contributed by atoms with E-state index in [-0.39, 0.29) is 16.3 Å². The zero-order valence-corrected chi connectivity index (χ0v) is 15.2. The van der Waals surface area contributed by atoms with Crippen molar-refractivity contribution in [3.05, 3.63) is 48.0 Å². The summed E-state index contributed by atoms with van der Waals surface area (Å²) in [5, 5.41) is 11.3. The second-order valence-corrected chi connectivity index (χ2v) is 7.07. The second-order valence-electron chi connectivity index (χ2n) is 5.42. The number of hydrogen-bond donors (Lipinski definition) is 1. The van der Waals surface area contributed by atoms with Crippen LogP contribution >= 0.6 is 0 Å². The number of tetrazole rings is 1. The summed E-state index contributed by atoms with van der Waals surface area (Å²) in [5.74, 6) is -1.80. The highest BCUT2D eigenvalue weighted by Gasteiger charge is 2.22. The first-order valence-electron chi connectivity index (χ1n) is 7.78. The van der Waals surface area contributed by atoms with E-state index in [9.17, 15) is 17.2 Å². The normalized spacial score (nSPS) is 11.4. The molecule has 2 aromatic carbocycles. The molecule has 11 heteroatoms. The van der Waals surface area contributed by atoms with Crippen molar-refractivity contribution in [2.45, 2.75) is 18.4 Å². The number of halogens is 2. The molecule has 0 atom stereocenters. The smallest absolute Gasteiger partial charge is 0.265 e. The van der Waals surface area contributed by atoms with Gasteiger partial charge in [-0.15, -0.1) is 5.10 Å². The van der Waals surface area contributed by atoms with Gasteiger partial charge in [-0.3, -0.25) is 4.72 Å². The van der Waals surface area contributed by atoms with Gasteiger partial charge in [0.15, 0.2) is 17.5 Å². The first-order valence-corrected chi connectivity index (χ1v) is 9.26. The van der Waals surface area contributed by atoms with Gasteiger partial charge in [0.25, 0.3) is 10.0 Å². The maximum absolute atomic E-state index is 13.4. The second kappa shape index (κ2) is 7.27. The molecule has 0 fully saturated rings. The summed E-state index contributed by atoms with van der Waals surface area (Å²) < 4.78 is 60.8. The highest BCUT2D eigenvalue weighted by molar-refractivity contribution is 7.92. The molecule has 142 valence electrons. The van der Waals surface area contributed by atoms with Gasteiger partial charge in [-0.1, -0.05) is 0 Å². The van der Waals surface area contributed by atoms with Gasteiger partial charge >= 0.3 is 0 Å². The third kappa shape index (κ3) is 3.72. The largest absolute Gasteiger partial charge is 0.495 e. The van der Waals surface area contributed by atoms with E-state index < -0.39 is 21.7 Å². The van der Waals surface area contributed by atoms with E-state index in [1.807, 2.05) is 6.92 Å². The Morgan fingerprint density at radius 3 is 2.59 bits per heavy atom. The predicted octanol–water partition coefficient (Wildman–Crippen LogP) is 2.45. The Morgan fingerprint density at radius 1 is 1.15 bits per heavy atom. The van der Waals surface area contributed by atoms with Crippen LogP contribution in [0.4, 0.5) is 14.5 Å². The molecule has 0 radical (unpaired) electrons. The Hall–Kier alpha value is -3.08. The van der Waals surface area contributed by atoms with E-state index in [2.05, 4.69) is 20.2 Å². The average molecular weight is 395 g/mol. The lowest BCUT2D eigenvalue weighted by Gasteiger charge is -2.13. The number of aromatic nitrogens is 4. The maximum atomic E-state index is 13.4. The zero-order valence-electron chi connectivity index (χ0n) is 14.3. The van der Waals surface area contributed by atoms with Crippen molar-refractivity contribution in [1.29, 1.82) is 0 Å². The van der Waals surface area contributed by atoms with Gasteiger partial charge in [0, 0.05) is 18.2 Å². The van der Waals surface area contributed by atoms with E-state index in [1.165, 1.54) is 23.9 Å². The monoisotopic (exact) mass is 395 g/mol. The fourth-order valence-corrected chi connectivity index (χ4v) is 3.67. The fourth-order valence-electron chi connectivity index (χ4n) is 2.42. The third-order valence-electron chi connectivity index (χ3n) is 3.71. The van der Waals surface area contributed by atoms with Gasteiger partial charge in [-0.05, 0) is 47.7 Å². The first kappa shape index (κ1) is 18.7. The Kier molecular flexibility index (Phi) is 5.04. The summed E-state index contributed by atoms with van der Waals surface area (Å²) in [6.07, 6.45) is 0. The molecule has 0 aliphatic heterocycles. The Labute approximate surface area is 153 Å². The lowest BCUT2D eigenvalue weighted by Crippen LogP contribution is -2.14. The van der Waals surface area contributed by atoms with Crippen LogP contribution in [-0.4, -0.2) is 35.7 Å². The average Bonchev–Trinajstić information content (AvgIpc) is 3.12. The topological polar surface area (TPSA) is 99.0 Å². The zero-order chi connectivity index (χ0) is 19.6. The third-order valence-corrected chi connectivity index (χ3v) is 5.12. The molecule has 1 heterocycles. The van der Waals surface area contributed by atoms with Crippen LogP contribution in [0.1, 0.15) is 6.92 Å². The lowest BCUT2D eigenvalue weighted by atomic mass is 10.2. The van der Waals surface area contributed by atoms with E-state index in [0.29, 0.717) is 17.9 Å². The summed E-state index contributed by atoms with van der Waals surface area (Å²) in [7, 11) is -2.84. The van der Waals surface area contributed by atoms with E-state index >= 15 is 0 Å². The highest BCUT2D eigenvalue weighted by atomic mass is 32.2. The van der Waals surface area contributed by atoms with Crippen LogP contribution in [-0.2, 0) is 16.6 Å². The number of hydrogen-bond acceptors (Lipinski definition) is 6. The Balaban J connectivity index is 2.05. The predicted molar refractivity (Wildman–Crippen MR) is 92.6 cm³/mol. The minimum absolute atomic E-state index is 0.0735. The van der Waals surface area contributed by atoms with E-state index in [4.69, 9.17) is 4.74 Å². The molecule has 0 saturated heterocycles. The van der Waals surface area contributed by atoms with Crippen LogP contribution in [0.5, 0.6) is 5.75 Å². The fraction of sp³-hybridized carbons (Fsp3) is 0.188. The molecule has 0 amide bonds. The van der Waals surface area contributed by atoms with Crippen LogP contribution in [0.15, 0.2) is 41.3 Å². The summed E-state index contributed by atoms with van der Waals surface area (Å²) in [5.41, 5.74) is 0.327. The molecule has 3 aromatic rings.